The molecule has 2 rings (SSSR count). The van der Waals surface area contributed by atoms with Crippen LogP contribution >= 0.6 is 0 Å². The van der Waals surface area contributed by atoms with Gasteiger partial charge in [-0.15, -0.1) is 0 Å². The Balaban J connectivity index is 1.75. The van der Waals surface area contributed by atoms with Gasteiger partial charge in [0.1, 0.15) is 0 Å². The number of nitrogens with zero attached hydrogens (tertiary/aromatic N) is 2. The normalized spacial score (nSPS) is 17.1. The minimum atomic E-state index is 0.712. The summed E-state index contributed by atoms with van der Waals surface area (Å²) in [6.07, 6.45) is 9.80. The summed E-state index contributed by atoms with van der Waals surface area (Å²) in [6, 6.07) is 0. The van der Waals surface area contributed by atoms with Crippen molar-refractivity contribution in [2.24, 2.45) is 11.8 Å². The van der Waals surface area contributed by atoms with Gasteiger partial charge >= 0.3 is 0 Å². The van der Waals surface area contributed by atoms with E-state index < -0.39 is 0 Å². The van der Waals surface area contributed by atoms with Gasteiger partial charge in [0.25, 0.3) is 0 Å². The molecular weight excluding hydrogens is 210 g/mol. The zero-order valence-electron chi connectivity index (χ0n) is 11.2. The molecule has 0 unspecified atom stereocenters. The molecule has 1 fully saturated rings. The van der Waals surface area contributed by atoms with Gasteiger partial charge in [-0.2, -0.15) is 5.10 Å². The number of aromatic nitrogens is 2. The Morgan fingerprint density at radius 3 is 2.88 bits per heavy atom. The van der Waals surface area contributed by atoms with E-state index in [1.165, 1.54) is 31.2 Å². The van der Waals surface area contributed by atoms with E-state index in [4.69, 9.17) is 0 Å². The van der Waals surface area contributed by atoms with Crippen molar-refractivity contribution in [3.05, 3.63) is 18.0 Å². The van der Waals surface area contributed by atoms with Crippen LogP contribution in [0.3, 0.4) is 0 Å². The minimum Gasteiger partial charge on any atom is -0.312 e. The summed E-state index contributed by atoms with van der Waals surface area (Å²) in [5.41, 5.74) is 1.31. The molecule has 0 saturated heterocycles. The van der Waals surface area contributed by atoms with E-state index in [2.05, 4.69) is 35.1 Å². The van der Waals surface area contributed by atoms with E-state index in [1.807, 2.05) is 6.20 Å². The molecule has 3 heteroatoms. The van der Waals surface area contributed by atoms with Crippen LogP contribution in [0.5, 0.6) is 0 Å². The summed E-state index contributed by atoms with van der Waals surface area (Å²) in [5, 5.41) is 7.91. The number of hydrogen-bond acceptors (Lipinski definition) is 2. The highest BCUT2D eigenvalue weighted by Crippen LogP contribution is 2.25. The number of nitrogens with one attached hydrogen (secondary N) is 1. The van der Waals surface area contributed by atoms with Crippen molar-refractivity contribution in [3.8, 4) is 0 Å². The Labute approximate surface area is 105 Å². The highest BCUT2D eigenvalue weighted by Gasteiger charge is 2.15. The molecular formula is C14H25N3. The van der Waals surface area contributed by atoms with Gasteiger partial charge in [0.15, 0.2) is 0 Å². The Morgan fingerprint density at radius 1 is 1.41 bits per heavy atom. The third-order valence-corrected chi connectivity index (χ3v) is 3.49. The van der Waals surface area contributed by atoms with E-state index >= 15 is 0 Å². The van der Waals surface area contributed by atoms with Gasteiger partial charge in [0, 0.05) is 24.8 Å². The first kappa shape index (κ1) is 12.6. The molecule has 0 aliphatic heterocycles. The maximum absolute atomic E-state index is 4.45. The fraction of sp³-hybridized carbons (Fsp3) is 0.786. The van der Waals surface area contributed by atoms with Gasteiger partial charge in [0.05, 0.1) is 6.20 Å². The minimum absolute atomic E-state index is 0.712. The zero-order chi connectivity index (χ0) is 12.1. The lowest BCUT2D eigenvalue weighted by molar-refractivity contribution is 0.428. The molecule has 1 aliphatic carbocycles. The Morgan fingerprint density at radius 2 is 2.18 bits per heavy atom. The molecule has 96 valence electrons. The molecule has 0 bridgehead atoms. The van der Waals surface area contributed by atoms with Crippen molar-refractivity contribution in [2.75, 3.05) is 6.54 Å². The second-order valence-electron chi connectivity index (χ2n) is 5.75. The van der Waals surface area contributed by atoms with Gasteiger partial charge in [-0.25, -0.2) is 0 Å². The lowest BCUT2D eigenvalue weighted by Gasteiger charge is -2.08. The largest absolute Gasteiger partial charge is 0.312 e. The second-order valence-corrected chi connectivity index (χ2v) is 5.75. The molecule has 1 saturated carbocycles. The van der Waals surface area contributed by atoms with Crippen LogP contribution in [0, 0.1) is 11.8 Å². The fourth-order valence-corrected chi connectivity index (χ4v) is 2.56. The predicted molar refractivity (Wildman–Crippen MR) is 70.7 cm³/mol. The highest BCUT2D eigenvalue weighted by molar-refractivity contribution is 5.03. The summed E-state index contributed by atoms with van der Waals surface area (Å²) < 4.78 is 2.13. The number of rotatable bonds is 6. The standard InChI is InChI=1S/C14H25N3/c1-12(2)7-15-8-14-9-16-17(11-14)10-13-5-3-4-6-13/h9,11-13,15H,3-8,10H2,1-2H3. The van der Waals surface area contributed by atoms with Crippen LogP contribution < -0.4 is 5.32 Å². The molecule has 1 aromatic rings. The molecule has 0 spiro atoms. The van der Waals surface area contributed by atoms with E-state index in [0.29, 0.717) is 5.92 Å². The van der Waals surface area contributed by atoms with E-state index in [9.17, 15) is 0 Å². The first-order valence-corrected chi connectivity index (χ1v) is 6.96. The Kier molecular flexibility index (Phi) is 4.60. The summed E-state index contributed by atoms with van der Waals surface area (Å²) in [6.45, 7) is 7.61. The quantitative estimate of drug-likeness (QED) is 0.821. The summed E-state index contributed by atoms with van der Waals surface area (Å²) >= 11 is 0. The molecule has 1 aliphatic rings. The third-order valence-electron chi connectivity index (χ3n) is 3.49. The van der Waals surface area contributed by atoms with Crippen LogP contribution in [-0.2, 0) is 13.1 Å². The SMILES string of the molecule is CC(C)CNCc1cnn(CC2CCCC2)c1. The first-order chi connectivity index (χ1) is 8.24. The molecule has 0 radical (unpaired) electrons. The van der Waals surface area contributed by atoms with Crippen LogP contribution in [0.25, 0.3) is 0 Å². The van der Waals surface area contributed by atoms with Crippen molar-refractivity contribution >= 4 is 0 Å². The van der Waals surface area contributed by atoms with Crippen LogP contribution in [-0.4, -0.2) is 16.3 Å². The van der Waals surface area contributed by atoms with Gasteiger partial charge in [0.2, 0.25) is 0 Å². The van der Waals surface area contributed by atoms with Crippen molar-refractivity contribution in [1.29, 1.82) is 0 Å². The average molecular weight is 235 g/mol. The van der Waals surface area contributed by atoms with Gasteiger partial charge in [-0.05, 0) is 31.2 Å². The van der Waals surface area contributed by atoms with E-state index in [1.54, 1.807) is 0 Å². The molecule has 0 aromatic carbocycles. The van der Waals surface area contributed by atoms with Crippen LogP contribution in [0.1, 0.15) is 45.1 Å². The second kappa shape index (κ2) is 6.20. The van der Waals surface area contributed by atoms with Crippen molar-refractivity contribution in [3.63, 3.8) is 0 Å². The monoisotopic (exact) mass is 235 g/mol. The van der Waals surface area contributed by atoms with Gasteiger partial charge in [-0.3, -0.25) is 4.68 Å². The van der Waals surface area contributed by atoms with E-state index in [-0.39, 0.29) is 0 Å². The Bertz CT molecular complexity index is 324. The van der Waals surface area contributed by atoms with Crippen LogP contribution in [0.4, 0.5) is 0 Å². The molecule has 1 N–H and O–H groups in total. The Hall–Kier alpha value is -0.830. The lowest BCUT2D eigenvalue weighted by Crippen LogP contribution is -2.18. The topological polar surface area (TPSA) is 29.9 Å². The smallest absolute Gasteiger partial charge is 0.0534 e. The molecule has 17 heavy (non-hydrogen) atoms. The summed E-state index contributed by atoms with van der Waals surface area (Å²) in [4.78, 5) is 0. The number of hydrogen-bond donors (Lipinski definition) is 1. The predicted octanol–water partition coefficient (Wildman–Crippen LogP) is 2.82. The van der Waals surface area contributed by atoms with Crippen molar-refractivity contribution in [2.45, 2.75) is 52.6 Å². The molecule has 0 amide bonds. The first-order valence-electron chi connectivity index (χ1n) is 6.96. The maximum atomic E-state index is 4.45. The maximum Gasteiger partial charge on any atom is 0.0534 e. The lowest BCUT2D eigenvalue weighted by atomic mass is 10.1. The third kappa shape index (κ3) is 4.15. The highest BCUT2D eigenvalue weighted by atomic mass is 15.3. The molecule has 0 atom stereocenters. The van der Waals surface area contributed by atoms with Crippen LogP contribution in [0.15, 0.2) is 12.4 Å². The molecule has 3 nitrogen and oxygen atoms in total. The van der Waals surface area contributed by atoms with E-state index in [0.717, 1.165) is 25.6 Å². The zero-order valence-corrected chi connectivity index (χ0v) is 11.2. The summed E-state index contributed by atoms with van der Waals surface area (Å²) in [5.74, 6) is 1.58. The molecule has 1 heterocycles. The van der Waals surface area contributed by atoms with Gasteiger partial charge < -0.3 is 5.32 Å². The van der Waals surface area contributed by atoms with Crippen molar-refractivity contribution in [1.82, 2.24) is 15.1 Å². The van der Waals surface area contributed by atoms with Gasteiger partial charge in [-0.1, -0.05) is 26.7 Å². The van der Waals surface area contributed by atoms with Crippen LogP contribution in [0.2, 0.25) is 0 Å². The summed E-state index contributed by atoms with van der Waals surface area (Å²) in [7, 11) is 0. The van der Waals surface area contributed by atoms with Crippen molar-refractivity contribution < 1.29 is 0 Å². The molecule has 1 aromatic heterocycles. The fourth-order valence-electron chi connectivity index (χ4n) is 2.56. The average Bonchev–Trinajstić information content (AvgIpc) is 2.90.